The van der Waals surface area contributed by atoms with Gasteiger partial charge in [-0.25, -0.2) is 0 Å². The minimum atomic E-state index is 0.329. The highest BCUT2D eigenvalue weighted by Gasteiger charge is 2.38. The van der Waals surface area contributed by atoms with Crippen LogP contribution in [0.2, 0.25) is 0 Å². The third kappa shape index (κ3) is 3.03. The smallest absolute Gasteiger partial charge is 0.137 e. The van der Waals surface area contributed by atoms with Crippen molar-refractivity contribution in [2.24, 2.45) is 5.92 Å². The highest BCUT2D eigenvalue weighted by atomic mass is 16.5. The maximum atomic E-state index is 12.2. The number of carbonyl (C=O) groups excluding carboxylic acids is 1. The minimum Gasteiger partial charge on any atom is -0.374 e. The van der Waals surface area contributed by atoms with Gasteiger partial charge in [0.05, 0.1) is 12.2 Å². The van der Waals surface area contributed by atoms with E-state index in [9.17, 15) is 4.79 Å². The van der Waals surface area contributed by atoms with Crippen LogP contribution in [0.5, 0.6) is 0 Å². The van der Waals surface area contributed by atoms with Crippen molar-refractivity contribution in [2.45, 2.75) is 76.5 Å². The normalized spacial score (nSPS) is 41.0. The standard InChI is InChI=1S/C16H27NO2/c1-12-8-9-13(19-12)11-17-10-4-6-15(17)14-5-2-3-7-16(14)18/h12-15H,2-11H2,1H3. The molecule has 4 atom stereocenters. The maximum Gasteiger partial charge on any atom is 0.137 e. The van der Waals surface area contributed by atoms with Gasteiger partial charge < -0.3 is 4.74 Å². The van der Waals surface area contributed by atoms with Crippen molar-refractivity contribution in [1.82, 2.24) is 4.90 Å². The van der Waals surface area contributed by atoms with Gasteiger partial charge in [0, 0.05) is 24.9 Å². The van der Waals surface area contributed by atoms with Crippen LogP contribution in [0.25, 0.3) is 0 Å². The van der Waals surface area contributed by atoms with Crippen LogP contribution in [-0.2, 0) is 9.53 Å². The van der Waals surface area contributed by atoms with Gasteiger partial charge in [0.2, 0.25) is 0 Å². The molecule has 3 heteroatoms. The lowest BCUT2D eigenvalue weighted by molar-refractivity contribution is -0.127. The molecule has 108 valence electrons. The number of hydrogen-bond donors (Lipinski definition) is 0. The molecule has 0 amide bonds. The SMILES string of the molecule is CC1CCC(CN2CCCC2C2CCCCC2=O)O1. The monoisotopic (exact) mass is 265 g/mol. The number of nitrogens with zero attached hydrogens (tertiary/aromatic N) is 1. The number of rotatable bonds is 3. The average molecular weight is 265 g/mol. The van der Waals surface area contributed by atoms with Crippen LogP contribution in [0.1, 0.15) is 58.3 Å². The Morgan fingerprint density at radius 3 is 2.79 bits per heavy atom. The van der Waals surface area contributed by atoms with E-state index in [-0.39, 0.29) is 0 Å². The van der Waals surface area contributed by atoms with Gasteiger partial charge in [0.1, 0.15) is 5.78 Å². The first-order valence-electron chi connectivity index (χ1n) is 8.16. The number of Topliss-reactive ketones (excluding diaryl/α,β-unsaturated/α-hetero) is 1. The Morgan fingerprint density at radius 1 is 1.16 bits per heavy atom. The Bertz CT molecular complexity index is 331. The molecule has 4 unspecified atom stereocenters. The van der Waals surface area contributed by atoms with Crippen LogP contribution >= 0.6 is 0 Å². The second-order valence-electron chi connectivity index (χ2n) is 6.67. The van der Waals surface area contributed by atoms with E-state index in [1.54, 1.807) is 0 Å². The van der Waals surface area contributed by atoms with Crippen molar-refractivity contribution in [1.29, 1.82) is 0 Å². The summed E-state index contributed by atoms with van der Waals surface area (Å²) in [4.78, 5) is 14.7. The Balaban J connectivity index is 1.59. The molecule has 19 heavy (non-hydrogen) atoms. The first-order chi connectivity index (χ1) is 9.24. The molecule has 3 nitrogen and oxygen atoms in total. The van der Waals surface area contributed by atoms with Crippen molar-refractivity contribution in [3.63, 3.8) is 0 Å². The Kier molecular flexibility index (Phi) is 4.23. The number of hydrogen-bond acceptors (Lipinski definition) is 3. The molecule has 0 aromatic carbocycles. The number of carbonyl (C=O) groups is 1. The molecule has 0 spiro atoms. The van der Waals surface area contributed by atoms with Gasteiger partial charge in [-0.05, 0) is 52.0 Å². The molecule has 1 aliphatic carbocycles. The Labute approximate surface area is 116 Å². The summed E-state index contributed by atoms with van der Waals surface area (Å²) in [5.41, 5.74) is 0. The quantitative estimate of drug-likeness (QED) is 0.786. The summed E-state index contributed by atoms with van der Waals surface area (Å²) in [6.45, 7) is 4.40. The molecule has 3 aliphatic rings. The maximum absolute atomic E-state index is 12.2. The van der Waals surface area contributed by atoms with Crippen LogP contribution < -0.4 is 0 Å². The van der Waals surface area contributed by atoms with Gasteiger partial charge in [0.15, 0.2) is 0 Å². The van der Waals surface area contributed by atoms with E-state index in [2.05, 4.69) is 11.8 Å². The summed E-state index contributed by atoms with van der Waals surface area (Å²) >= 11 is 0. The second kappa shape index (κ2) is 5.92. The van der Waals surface area contributed by atoms with Crippen molar-refractivity contribution in [3.05, 3.63) is 0 Å². The average Bonchev–Trinajstić information content (AvgIpc) is 3.00. The molecular formula is C16H27NO2. The minimum absolute atomic E-state index is 0.329. The first-order valence-corrected chi connectivity index (χ1v) is 8.16. The van der Waals surface area contributed by atoms with Crippen molar-refractivity contribution in [3.8, 4) is 0 Å². The van der Waals surface area contributed by atoms with Gasteiger partial charge >= 0.3 is 0 Å². The van der Waals surface area contributed by atoms with E-state index in [0.717, 1.165) is 25.8 Å². The lowest BCUT2D eigenvalue weighted by Gasteiger charge is -2.34. The molecule has 0 aromatic rings. The summed E-state index contributed by atoms with van der Waals surface area (Å²) in [6.07, 6.45) is 10.0. The third-order valence-electron chi connectivity index (χ3n) is 5.24. The summed E-state index contributed by atoms with van der Waals surface area (Å²) in [6, 6.07) is 0.521. The van der Waals surface area contributed by atoms with Crippen LogP contribution in [0.4, 0.5) is 0 Å². The van der Waals surface area contributed by atoms with Gasteiger partial charge in [-0.1, -0.05) is 6.42 Å². The largest absolute Gasteiger partial charge is 0.374 e. The lowest BCUT2D eigenvalue weighted by Crippen LogP contribution is -2.43. The summed E-state index contributed by atoms with van der Waals surface area (Å²) in [7, 11) is 0. The molecule has 0 radical (unpaired) electrons. The van der Waals surface area contributed by atoms with Crippen LogP contribution in [0, 0.1) is 5.92 Å². The molecule has 2 aliphatic heterocycles. The van der Waals surface area contributed by atoms with Gasteiger partial charge in [-0.15, -0.1) is 0 Å². The summed E-state index contributed by atoms with van der Waals surface area (Å²) in [5, 5.41) is 0. The first kappa shape index (κ1) is 13.6. The van der Waals surface area contributed by atoms with Gasteiger partial charge in [0.25, 0.3) is 0 Å². The fourth-order valence-electron chi connectivity index (χ4n) is 4.23. The molecule has 0 N–H and O–H groups in total. The van der Waals surface area contributed by atoms with Crippen LogP contribution in [0.15, 0.2) is 0 Å². The molecule has 0 bridgehead atoms. The lowest BCUT2D eigenvalue weighted by atomic mass is 9.82. The van der Waals surface area contributed by atoms with E-state index in [1.807, 2.05) is 0 Å². The zero-order valence-electron chi connectivity index (χ0n) is 12.1. The van der Waals surface area contributed by atoms with Gasteiger partial charge in [-0.3, -0.25) is 9.69 Å². The van der Waals surface area contributed by atoms with E-state index in [4.69, 9.17) is 4.74 Å². The van der Waals surface area contributed by atoms with E-state index < -0.39 is 0 Å². The van der Waals surface area contributed by atoms with Crippen molar-refractivity contribution < 1.29 is 9.53 Å². The van der Waals surface area contributed by atoms with E-state index >= 15 is 0 Å². The van der Waals surface area contributed by atoms with Crippen LogP contribution in [-0.4, -0.2) is 42.0 Å². The number of ether oxygens (including phenoxy) is 1. The topological polar surface area (TPSA) is 29.5 Å². The predicted octanol–water partition coefficient (Wildman–Crippen LogP) is 2.78. The predicted molar refractivity (Wildman–Crippen MR) is 75.1 cm³/mol. The fourth-order valence-corrected chi connectivity index (χ4v) is 4.23. The zero-order chi connectivity index (χ0) is 13.2. The molecule has 0 aromatic heterocycles. The molecule has 2 heterocycles. The molecule has 3 fully saturated rings. The van der Waals surface area contributed by atoms with E-state index in [1.165, 1.54) is 38.6 Å². The third-order valence-corrected chi connectivity index (χ3v) is 5.24. The molecular weight excluding hydrogens is 238 g/mol. The highest BCUT2D eigenvalue weighted by molar-refractivity contribution is 5.82. The van der Waals surface area contributed by atoms with Crippen molar-refractivity contribution in [2.75, 3.05) is 13.1 Å². The summed E-state index contributed by atoms with van der Waals surface area (Å²) < 4.78 is 5.96. The summed E-state index contributed by atoms with van der Waals surface area (Å²) in [5.74, 6) is 0.860. The number of likely N-dealkylation sites (tertiary alicyclic amines) is 1. The Morgan fingerprint density at radius 2 is 2.05 bits per heavy atom. The Hall–Kier alpha value is -0.410. The number of ketones is 1. The fraction of sp³-hybridized carbons (Fsp3) is 0.938. The molecule has 1 saturated carbocycles. The molecule has 3 rings (SSSR count). The van der Waals surface area contributed by atoms with Gasteiger partial charge in [-0.2, -0.15) is 0 Å². The zero-order valence-corrected chi connectivity index (χ0v) is 12.1. The highest BCUT2D eigenvalue weighted by Crippen LogP contribution is 2.33. The van der Waals surface area contributed by atoms with Crippen LogP contribution in [0.3, 0.4) is 0 Å². The van der Waals surface area contributed by atoms with E-state index in [0.29, 0.717) is 30.0 Å². The second-order valence-corrected chi connectivity index (χ2v) is 6.67. The van der Waals surface area contributed by atoms with Crippen molar-refractivity contribution >= 4 is 5.78 Å². The molecule has 2 saturated heterocycles.